The normalized spacial score (nSPS) is 17.3. The van der Waals surface area contributed by atoms with E-state index in [1.54, 1.807) is 17.3 Å². The van der Waals surface area contributed by atoms with Crippen LogP contribution in [0.25, 0.3) is 6.08 Å². The average molecular weight is 451 g/mol. The number of piperidine rings is 1. The van der Waals surface area contributed by atoms with Crippen LogP contribution in [0, 0.1) is 12.8 Å². The average Bonchev–Trinajstić information content (AvgIpc) is 2.78. The summed E-state index contributed by atoms with van der Waals surface area (Å²) in [5.74, 6) is 1.32. The minimum absolute atomic E-state index is 0.160. The number of anilines is 1. The molecule has 9 heteroatoms. The molecule has 3 heterocycles. The molecule has 2 amide bonds. The van der Waals surface area contributed by atoms with E-state index in [0.717, 1.165) is 17.7 Å². The zero-order valence-electron chi connectivity index (χ0n) is 17.8. The summed E-state index contributed by atoms with van der Waals surface area (Å²) in [7, 11) is 0. The van der Waals surface area contributed by atoms with Crippen LogP contribution in [0.4, 0.5) is 10.6 Å². The highest BCUT2D eigenvalue weighted by molar-refractivity contribution is 6.30. The van der Waals surface area contributed by atoms with Crippen molar-refractivity contribution in [3.05, 3.63) is 70.9 Å². The van der Waals surface area contributed by atoms with Gasteiger partial charge in [0.05, 0.1) is 35.5 Å². The van der Waals surface area contributed by atoms with E-state index < -0.39 is 0 Å². The number of carbonyl (C=O) groups excluding carboxylic acids is 1. The van der Waals surface area contributed by atoms with Crippen molar-refractivity contribution >= 4 is 29.5 Å². The molecule has 1 N–H and O–H groups in total. The van der Waals surface area contributed by atoms with Crippen molar-refractivity contribution < 1.29 is 9.53 Å². The van der Waals surface area contributed by atoms with Crippen LogP contribution in [0.1, 0.15) is 24.6 Å². The number of hydrogen-bond acceptors (Lipinski definition) is 6. The minimum Gasteiger partial charge on any atom is -0.424 e. The Bertz CT molecular complexity index is 1120. The number of amides is 2. The molecule has 2 aromatic heterocycles. The van der Waals surface area contributed by atoms with Crippen LogP contribution in [-0.4, -0.2) is 44.0 Å². The van der Waals surface area contributed by atoms with Crippen LogP contribution in [0.3, 0.4) is 0 Å². The van der Waals surface area contributed by atoms with Gasteiger partial charge in [-0.05, 0) is 37.0 Å². The summed E-state index contributed by atoms with van der Waals surface area (Å²) >= 11 is 5.82. The van der Waals surface area contributed by atoms with E-state index in [9.17, 15) is 4.79 Å². The summed E-state index contributed by atoms with van der Waals surface area (Å²) in [5.41, 5.74) is 3.11. The monoisotopic (exact) mass is 450 g/mol. The molecule has 1 aromatic carbocycles. The molecule has 1 unspecified atom stereocenters. The molecular formula is C23H23ClN6O2. The number of likely N-dealkylation sites (tertiary alicyclic amines) is 1. The topological polar surface area (TPSA) is 93.1 Å². The lowest BCUT2D eigenvalue weighted by Gasteiger charge is -2.33. The van der Waals surface area contributed by atoms with Crippen LogP contribution in [0.5, 0.6) is 11.8 Å². The summed E-state index contributed by atoms with van der Waals surface area (Å²) in [6.45, 7) is 5.24. The number of urea groups is 1. The Kier molecular flexibility index (Phi) is 6.61. The fraction of sp³-hybridized carbons (Fsp3) is 0.261. The SMILES string of the molecule is Cc1cnc(NC(=O)N2CCC(=Cc3cccc(Oc4ncc(Cl)cn4)c3)C(C)C2)cn1. The van der Waals surface area contributed by atoms with Crippen LogP contribution in [-0.2, 0) is 0 Å². The van der Waals surface area contributed by atoms with Gasteiger partial charge in [0, 0.05) is 13.1 Å². The van der Waals surface area contributed by atoms with Gasteiger partial charge in [-0.2, -0.15) is 0 Å². The number of nitrogens with one attached hydrogen (secondary N) is 1. The molecule has 4 rings (SSSR count). The third kappa shape index (κ3) is 5.59. The van der Waals surface area contributed by atoms with E-state index in [4.69, 9.17) is 16.3 Å². The van der Waals surface area contributed by atoms with Crippen molar-refractivity contribution in [2.45, 2.75) is 20.3 Å². The maximum Gasteiger partial charge on any atom is 0.323 e. The quantitative estimate of drug-likeness (QED) is 0.602. The molecule has 1 aliphatic rings. The van der Waals surface area contributed by atoms with E-state index in [-0.39, 0.29) is 18.0 Å². The smallest absolute Gasteiger partial charge is 0.323 e. The van der Waals surface area contributed by atoms with Gasteiger partial charge in [0.25, 0.3) is 0 Å². The molecule has 8 nitrogen and oxygen atoms in total. The first-order valence-electron chi connectivity index (χ1n) is 10.3. The molecule has 0 spiro atoms. The van der Waals surface area contributed by atoms with E-state index in [1.165, 1.54) is 18.0 Å². The van der Waals surface area contributed by atoms with E-state index in [2.05, 4.69) is 38.3 Å². The molecule has 0 aliphatic carbocycles. The van der Waals surface area contributed by atoms with Crippen LogP contribution >= 0.6 is 11.6 Å². The Hall–Kier alpha value is -3.52. The van der Waals surface area contributed by atoms with Gasteiger partial charge in [-0.15, -0.1) is 0 Å². The molecule has 32 heavy (non-hydrogen) atoms. The zero-order valence-corrected chi connectivity index (χ0v) is 18.6. The fourth-order valence-corrected chi connectivity index (χ4v) is 3.53. The standard InChI is InChI=1S/C23H23ClN6O2/c1-15-14-30(23(31)29-21-13-25-16(2)10-26-21)7-6-18(15)8-17-4-3-5-20(9-17)32-22-27-11-19(24)12-28-22/h3-5,8-13,15H,6-7,14H2,1-2H3,(H,26,29,31). The second-order valence-corrected chi connectivity index (χ2v) is 8.08. The number of aryl methyl sites for hydroxylation is 1. The first-order chi connectivity index (χ1) is 15.5. The molecule has 1 saturated heterocycles. The van der Waals surface area contributed by atoms with Crippen molar-refractivity contribution in [1.29, 1.82) is 0 Å². The molecule has 1 fully saturated rings. The second-order valence-electron chi connectivity index (χ2n) is 7.65. The second kappa shape index (κ2) is 9.74. The van der Waals surface area contributed by atoms with Gasteiger partial charge >= 0.3 is 12.0 Å². The van der Waals surface area contributed by atoms with Gasteiger partial charge in [0.2, 0.25) is 0 Å². The maximum absolute atomic E-state index is 12.6. The highest BCUT2D eigenvalue weighted by Crippen LogP contribution is 2.27. The number of benzene rings is 1. The van der Waals surface area contributed by atoms with Crippen molar-refractivity contribution in [3.63, 3.8) is 0 Å². The highest BCUT2D eigenvalue weighted by Gasteiger charge is 2.24. The molecular weight excluding hydrogens is 428 g/mol. The van der Waals surface area contributed by atoms with E-state index >= 15 is 0 Å². The number of nitrogens with zero attached hydrogens (tertiary/aromatic N) is 5. The number of rotatable bonds is 4. The number of carbonyl (C=O) groups is 1. The van der Waals surface area contributed by atoms with Gasteiger partial charge in [0.15, 0.2) is 5.82 Å². The number of ether oxygens (including phenoxy) is 1. The number of aromatic nitrogens is 4. The van der Waals surface area contributed by atoms with Crippen molar-refractivity contribution in [2.75, 3.05) is 18.4 Å². The lowest BCUT2D eigenvalue weighted by molar-refractivity contribution is 0.197. The van der Waals surface area contributed by atoms with Crippen LogP contribution in [0.2, 0.25) is 5.02 Å². The maximum atomic E-state index is 12.6. The summed E-state index contributed by atoms with van der Waals surface area (Å²) in [6, 6.07) is 7.81. The highest BCUT2D eigenvalue weighted by atomic mass is 35.5. The number of halogens is 1. The molecule has 0 saturated carbocycles. The zero-order chi connectivity index (χ0) is 22.5. The summed E-state index contributed by atoms with van der Waals surface area (Å²) in [6.07, 6.45) is 9.13. The molecule has 0 radical (unpaired) electrons. The Balaban J connectivity index is 1.38. The largest absolute Gasteiger partial charge is 0.424 e. The fourth-order valence-electron chi connectivity index (χ4n) is 3.43. The predicted octanol–water partition coefficient (Wildman–Crippen LogP) is 4.98. The Labute approximate surface area is 191 Å². The Morgan fingerprint density at radius 1 is 1.19 bits per heavy atom. The molecule has 1 atom stereocenters. The summed E-state index contributed by atoms with van der Waals surface area (Å²) < 4.78 is 5.72. The van der Waals surface area contributed by atoms with Gasteiger partial charge in [-0.25, -0.2) is 19.7 Å². The first kappa shape index (κ1) is 21.7. The van der Waals surface area contributed by atoms with Crippen LogP contribution in [0.15, 0.2) is 54.6 Å². The Morgan fingerprint density at radius 3 is 2.72 bits per heavy atom. The lowest BCUT2D eigenvalue weighted by atomic mass is 9.91. The Morgan fingerprint density at radius 2 is 2.00 bits per heavy atom. The van der Waals surface area contributed by atoms with Crippen molar-refractivity contribution in [2.24, 2.45) is 5.92 Å². The number of hydrogen-bond donors (Lipinski definition) is 1. The molecule has 164 valence electrons. The molecule has 3 aromatic rings. The lowest BCUT2D eigenvalue weighted by Crippen LogP contribution is -2.42. The third-order valence-electron chi connectivity index (χ3n) is 5.12. The third-order valence-corrected chi connectivity index (χ3v) is 5.31. The first-order valence-corrected chi connectivity index (χ1v) is 10.6. The van der Waals surface area contributed by atoms with Crippen molar-refractivity contribution in [1.82, 2.24) is 24.8 Å². The van der Waals surface area contributed by atoms with E-state index in [0.29, 0.717) is 29.7 Å². The van der Waals surface area contributed by atoms with E-state index in [1.807, 2.05) is 31.2 Å². The summed E-state index contributed by atoms with van der Waals surface area (Å²) in [4.78, 5) is 30.9. The van der Waals surface area contributed by atoms with Gasteiger partial charge in [-0.3, -0.25) is 10.3 Å². The van der Waals surface area contributed by atoms with Crippen molar-refractivity contribution in [3.8, 4) is 11.8 Å². The van der Waals surface area contributed by atoms with Gasteiger partial charge in [-0.1, -0.05) is 42.3 Å². The molecule has 1 aliphatic heterocycles. The predicted molar refractivity (Wildman–Crippen MR) is 123 cm³/mol. The summed E-state index contributed by atoms with van der Waals surface area (Å²) in [5, 5.41) is 3.27. The van der Waals surface area contributed by atoms with Crippen LogP contribution < -0.4 is 10.1 Å². The molecule has 0 bridgehead atoms. The minimum atomic E-state index is -0.160. The van der Waals surface area contributed by atoms with Gasteiger partial charge < -0.3 is 9.64 Å². The van der Waals surface area contributed by atoms with Gasteiger partial charge in [0.1, 0.15) is 5.75 Å².